The molecule has 1 spiro atoms. The Hall–Kier alpha value is -2.69. The molecule has 0 radical (unpaired) electrons. The number of rotatable bonds is 2. The van der Waals surface area contributed by atoms with E-state index >= 15 is 0 Å². The van der Waals surface area contributed by atoms with Gasteiger partial charge in [-0.15, -0.1) is 0 Å². The average molecular weight is 480 g/mol. The minimum Gasteiger partial charge on any atom is -0.381 e. The van der Waals surface area contributed by atoms with Crippen LogP contribution in [0.2, 0.25) is 0 Å². The molecular formula is C24H22BrN3O3. The van der Waals surface area contributed by atoms with Crippen LogP contribution in [0.1, 0.15) is 30.4 Å². The third-order valence-corrected chi connectivity index (χ3v) is 7.25. The van der Waals surface area contributed by atoms with Crippen LogP contribution < -0.4 is 9.80 Å². The van der Waals surface area contributed by atoms with Crippen LogP contribution in [-0.2, 0) is 19.7 Å². The fourth-order valence-electron chi connectivity index (χ4n) is 5.11. The fraction of sp³-hybridized carbons (Fsp3) is 0.375. The van der Waals surface area contributed by atoms with Gasteiger partial charge in [0, 0.05) is 54.0 Å². The van der Waals surface area contributed by atoms with E-state index in [-0.39, 0.29) is 23.7 Å². The summed E-state index contributed by atoms with van der Waals surface area (Å²) in [6, 6.07) is 15.2. The molecule has 2 fully saturated rings. The maximum absolute atomic E-state index is 13.6. The van der Waals surface area contributed by atoms with E-state index in [0.717, 1.165) is 23.0 Å². The van der Waals surface area contributed by atoms with E-state index in [1.54, 1.807) is 23.1 Å². The number of nitriles is 1. The van der Waals surface area contributed by atoms with Gasteiger partial charge in [0.1, 0.15) is 0 Å². The highest BCUT2D eigenvalue weighted by molar-refractivity contribution is 9.10. The zero-order chi connectivity index (χ0) is 21.6. The molecule has 2 amide bonds. The third-order valence-electron chi connectivity index (χ3n) is 6.76. The van der Waals surface area contributed by atoms with Crippen LogP contribution in [-0.4, -0.2) is 38.1 Å². The van der Waals surface area contributed by atoms with Crippen molar-refractivity contribution in [3.63, 3.8) is 0 Å². The number of ether oxygens (including phenoxy) is 1. The minimum absolute atomic E-state index is 0.000716. The topological polar surface area (TPSA) is 73.6 Å². The second-order valence-corrected chi connectivity index (χ2v) is 9.46. The summed E-state index contributed by atoms with van der Waals surface area (Å²) in [7, 11) is 0. The second kappa shape index (κ2) is 7.77. The number of hydrogen-bond donors (Lipinski definition) is 0. The smallest absolute Gasteiger partial charge is 0.232 e. The highest BCUT2D eigenvalue weighted by Gasteiger charge is 2.48. The highest BCUT2D eigenvalue weighted by Crippen LogP contribution is 2.48. The normalized spacial score (nSPS) is 21.9. The SMILES string of the molecule is N#Cc1cccc(N2C[C@@H](C(=O)N3CC4(CCOCC4)c4cc(Br)ccc43)CC2=O)c1. The van der Waals surface area contributed by atoms with Gasteiger partial charge in [-0.1, -0.05) is 22.0 Å². The van der Waals surface area contributed by atoms with Crippen LogP contribution in [0.5, 0.6) is 0 Å². The summed E-state index contributed by atoms with van der Waals surface area (Å²) in [4.78, 5) is 29.9. The molecule has 0 unspecified atom stereocenters. The monoisotopic (exact) mass is 479 g/mol. The van der Waals surface area contributed by atoms with Crippen LogP contribution in [0, 0.1) is 17.2 Å². The number of halogens is 1. The molecule has 3 aliphatic heterocycles. The summed E-state index contributed by atoms with van der Waals surface area (Å²) in [6.07, 6.45) is 1.96. The maximum atomic E-state index is 13.6. The molecule has 0 N–H and O–H groups in total. The molecule has 2 aromatic carbocycles. The lowest BCUT2D eigenvalue weighted by Gasteiger charge is -2.34. The van der Waals surface area contributed by atoms with Crippen molar-refractivity contribution in [2.45, 2.75) is 24.7 Å². The van der Waals surface area contributed by atoms with Gasteiger partial charge in [-0.3, -0.25) is 9.59 Å². The van der Waals surface area contributed by atoms with Crippen molar-refractivity contribution in [1.29, 1.82) is 5.26 Å². The lowest BCUT2D eigenvalue weighted by Crippen LogP contribution is -2.43. The molecule has 6 nitrogen and oxygen atoms in total. The summed E-state index contributed by atoms with van der Waals surface area (Å²) in [5, 5.41) is 9.16. The third kappa shape index (κ3) is 3.44. The van der Waals surface area contributed by atoms with Crippen molar-refractivity contribution in [1.82, 2.24) is 0 Å². The number of carbonyl (C=O) groups is 2. The van der Waals surface area contributed by atoms with Crippen molar-refractivity contribution in [2.75, 3.05) is 36.1 Å². The molecule has 3 aliphatic rings. The number of nitrogens with zero attached hydrogens (tertiary/aromatic N) is 3. The second-order valence-electron chi connectivity index (χ2n) is 8.55. The Bertz CT molecular complexity index is 1100. The van der Waals surface area contributed by atoms with Gasteiger partial charge in [-0.05, 0) is 54.8 Å². The minimum atomic E-state index is -0.398. The largest absolute Gasteiger partial charge is 0.381 e. The number of anilines is 2. The summed E-state index contributed by atoms with van der Waals surface area (Å²) in [5.74, 6) is -0.478. The molecule has 0 saturated carbocycles. The van der Waals surface area contributed by atoms with Gasteiger partial charge in [0.2, 0.25) is 11.8 Å². The molecule has 0 aliphatic carbocycles. The Balaban J connectivity index is 1.42. The standard InChI is InChI=1S/C24H22BrN3O3/c25-18-4-5-21-20(12-18)24(6-8-31-9-7-24)15-28(21)23(30)17-11-22(29)27(14-17)19-3-1-2-16(10-19)13-26/h1-5,10,12,17H,6-9,11,14-15H2/t17-/m0/s1. The van der Waals surface area contributed by atoms with Gasteiger partial charge >= 0.3 is 0 Å². The first kappa shape index (κ1) is 20.2. The van der Waals surface area contributed by atoms with E-state index in [1.165, 1.54) is 5.56 Å². The van der Waals surface area contributed by atoms with Crippen molar-refractivity contribution < 1.29 is 14.3 Å². The molecule has 0 bridgehead atoms. The molecule has 3 heterocycles. The van der Waals surface area contributed by atoms with E-state index in [0.29, 0.717) is 37.6 Å². The molecule has 2 aromatic rings. The summed E-state index contributed by atoms with van der Waals surface area (Å²) in [5.41, 5.74) is 3.23. The van der Waals surface area contributed by atoms with Gasteiger partial charge in [0.25, 0.3) is 0 Å². The van der Waals surface area contributed by atoms with E-state index in [4.69, 9.17) is 10.00 Å². The molecule has 5 rings (SSSR count). The Morgan fingerprint density at radius 1 is 1.19 bits per heavy atom. The Labute approximate surface area is 189 Å². The van der Waals surface area contributed by atoms with Gasteiger partial charge in [0.15, 0.2) is 0 Å². The molecule has 158 valence electrons. The van der Waals surface area contributed by atoms with Crippen molar-refractivity contribution >= 4 is 39.1 Å². The molecule has 7 heteroatoms. The van der Waals surface area contributed by atoms with Gasteiger partial charge in [-0.2, -0.15) is 5.26 Å². The predicted molar refractivity (Wildman–Crippen MR) is 120 cm³/mol. The summed E-state index contributed by atoms with van der Waals surface area (Å²) >= 11 is 3.58. The van der Waals surface area contributed by atoms with Crippen molar-refractivity contribution in [3.8, 4) is 6.07 Å². The van der Waals surface area contributed by atoms with Crippen LogP contribution in [0.3, 0.4) is 0 Å². The highest BCUT2D eigenvalue weighted by atomic mass is 79.9. The van der Waals surface area contributed by atoms with Crippen molar-refractivity contribution in [3.05, 3.63) is 58.1 Å². The fourth-order valence-corrected chi connectivity index (χ4v) is 5.47. The quantitative estimate of drug-likeness (QED) is 0.656. The molecule has 1 atom stereocenters. The Kier molecular flexibility index (Phi) is 5.07. The number of benzene rings is 2. The van der Waals surface area contributed by atoms with Crippen LogP contribution >= 0.6 is 15.9 Å². The molecule has 0 aromatic heterocycles. The molecular weight excluding hydrogens is 458 g/mol. The first-order valence-corrected chi connectivity index (χ1v) is 11.3. The van der Waals surface area contributed by atoms with Gasteiger partial charge in [0.05, 0.1) is 17.6 Å². The summed E-state index contributed by atoms with van der Waals surface area (Å²) < 4.78 is 6.61. The number of amides is 2. The first-order valence-electron chi connectivity index (χ1n) is 10.5. The van der Waals surface area contributed by atoms with E-state index < -0.39 is 5.92 Å². The number of hydrogen-bond acceptors (Lipinski definition) is 4. The zero-order valence-corrected chi connectivity index (χ0v) is 18.6. The predicted octanol–water partition coefficient (Wildman–Crippen LogP) is 3.77. The summed E-state index contributed by atoms with van der Waals surface area (Å²) in [6.45, 7) is 2.36. The number of fused-ring (bicyclic) bond motifs is 2. The Morgan fingerprint density at radius 2 is 2.00 bits per heavy atom. The van der Waals surface area contributed by atoms with Crippen molar-refractivity contribution in [2.24, 2.45) is 5.92 Å². The van der Waals surface area contributed by atoms with E-state index in [9.17, 15) is 9.59 Å². The van der Waals surface area contributed by atoms with Crippen LogP contribution in [0.4, 0.5) is 11.4 Å². The van der Waals surface area contributed by atoms with Crippen LogP contribution in [0.15, 0.2) is 46.9 Å². The lowest BCUT2D eigenvalue weighted by molar-refractivity contribution is -0.124. The average Bonchev–Trinajstić information content (AvgIpc) is 3.32. The van der Waals surface area contributed by atoms with E-state index in [2.05, 4.69) is 28.1 Å². The maximum Gasteiger partial charge on any atom is 0.232 e. The molecule has 2 saturated heterocycles. The van der Waals surface area contributed by atoms with Crippen LogP contribution in [0.25, 0.3) is 0 Å². The Morgan fingerprint density at radius 3 is 2.77 bits per heavy atom. The molecule has 31 heavy (non-hydrogen) atoms. The first-order chi connectivity index (χ1) is 15.0. The number of carbonyl (C=O) groups excluding carboxylic acids is 2. The van der Waals surface area contributed by atoms with E-state index in [1.807, 2.05) is 23.1 Å². The van der Waals surface area contributed by atoms with Gasteiger partial charge < -0.3 is 14.5 Å². The van der Waals surface area contributed by atoms with Gasteiger partial charge in [-0.25, -0.2) is 0 Å². The zero-order valence-electron chi connectivity index (χ0n) is 17.0. The lowest BCUT2D eigenvalue weighted by atomic mass is 9.76.